The van der Waals surface area contributed by atoms with Crippen LogP contribution < -0.4 is 15.4 Å². The molecule has 1 saturated carbocycles. The Bertz CT molecular complexity index is 1250. The molecule has 1 aromatic carbocycles. The van der Waals surface area contributed by atoms with Crippen molar-refractivity contribution >= 4 is 23.3 Å². The largest absolute Gasteiger partial charge is 0.489 e. The third kappa shape index (κ3) is 6.77. The van der Waals surface area contributed by atoms with E-state index >= 15 is 0 Å². The van der Waals surface area contributed by atoms with Crippen LogP contribution in [0.3, 0.4) is 0 Å². The average Bonchev–Trinajstić information content (AvgIpc) is 3.63. The number of piperidine rings is 1. The van der Waals surface area contributed by atoms with Crippen LogP contribution in [0.25, 0.3) is 0 Å². The number of carbonyl (C=O) groups excluding carboxylic acids is 2. The summed E-state index contributed by atoms with van der Waals surface area (Å²) in [5.74, 6) is 1.28. The number of anilines is 2. The van der Waals surface area contributed by atoms with Crippen molar-refractivity contribution in [1.29, 1.82) is 0 Å². The number of likely N-dealkylation sites (tertiary alicyclic amines) is 1. The summed E-state index contributed by atoms with van der Waals surface area (Å²) in [6.45, 7) is 8.22. The van der Waals surface area contributed by atoms with Crippen LogP contribution in [0.2, 0.25) is 0 Å². The Balaban J connectivity index is 1.08. The first-order chi connectivity index (χ1) is 18.2. The molecule has 9 heteroatoms. The predicted octanol–water partition coefficient (Wildman–Crippen LogP) is 4.81. The van der Waals surface area contributed by atoms with Crippen molar-refractivity contribution in [2.75, 3.05) is 23.7 Å². The summed E-state index contributed by atoms with van der Waals surface area (Å²) in [7, 11) is 0. The molecule has 1 aliphatic heterocycles. The molecule has 1 aliphatic carbocycles. The van der Waals surface area contributed by atoms with Crippen molar-refractivity contribution in [3.05, 3.63) is 65.7 Å². The second-order valence-corrected chi connectivity index (χ2v) is 11.2. The number of carbonyl (C=O) groups is 2. The fourth-order valence-corrected chi connectivity index (χ4v) is 4.54. The number of nitrogens with one attached hydrogen (secondary N) is 2. The molecule has 2 aromatic heterocycles. The highest BCUT2D eigenvalue weighted by Gasteiger charge is 2.32. The van der Waals surface area contributed by atoms with Gasteiger partial charge in [-0.2, -0.15) is 0 Å². The van der Waals surface area contributed by atoms with E-state index in [1.54, 1.807) is 48.7 Å². The molecule has 5 rings (SSSR count). The van der Waals surface area contributed by atoms with Crippen molar-refractivity contribution in [2.45, 2.75) is 70.4 Å². The van der Waals surface area contributed by atoms with Crippen molar-refractivity contribution in [2.24, 2.45) is 0 Å². The van der Waals surface area contributed by atoms with E-state index in [1.807, 2.05) is 20.8 Å². The van der Waals surface area contributed by atoms with E-state index in [0.29, 0.717) is 28.7 Å². The lowest BCUT2D eigenvalue weighted by Gasteiger charge is -2.32. The summed E-state index contributed by atoms with van der Waals surface area (Å²) in [6.07, 6.45) is 6.71. The van der Waals surface area contributed by atoms with E-state index in [1.165, 1.54) is 12.8 Å². The lowest BCUT2D eigenvalue weighted by molar-refractivity contribution is -0.115. The number of aromatic nitrogens is 2. The molecule has 2 fully saturated rings. The number of amides is 2. The Hall–Kier alpha value is -3.72. The molecule has 2 amide bonds. The van der Waals surface area contributed by atoms with Gasteiger partial charge in [0, 0.05) is 36.3 Å². The van der Waals surface area contributed by atoms with Gasteiger partial charge in [-0.15, -0.1) is 0 Å². The van der Waals surface area contributed by atoms with Crippen LogP contribution in [-0.2, 0) is 16.6 Å². The third-order valence-electron chi connectivity index (χ3n) is 6.90. The van der Waals surface area contributed by atoms with Crippen LogP contribution >= 0.6 is 0 Å². The van der Waals surface area contributed by atoms with Gasteiger partial charge in [-0.1, -0.05) is 38.1 Å². The standard InChI is InChI=1S/C29H35N5O4/c1-29(2,3)25-17-26(33-38-25)32-27(35)16-19-4-6-20(7-5-19)31-28(36)24-11-10-23(18-30-24)37-22-12-14-34(15-13-22)21-8-9-21/h4-7,10-11,17-18,21-22H,8-9,12-16H2,1-3H3,(H,31,36)(H,32,33,35). The van der Waals surface area contributed by atoms with Gasteiger partial charge in [-0.3, -0.25) is 9.59 Å². The summed E-state index contributed by atoms with van der Waals surface area (Å²) in [4.78, 5) is 31.9. The molecule has 0 spiro atoms. The van der Waals surface area contributed by atoms with E-state index in [-0.39, 0.29) is 29.8 Å². The lowest BCUT2D eigenvalue weighted by Crippen LogP contribution is -2.39. The highest BCUT2D eigenvalue weighted by atomic mass is 16.5. The van der Waals surface area contributed by atoms with Gasteiger partial charge in [0.1, 0.15) is 23.3 Å². The first-order valence-electron chi connectivity index (χ1n) is 13.3. The molecule has 9 nitrogen and oxygen atoms in total. The van der Waals surface area contributed by atoms with Gasteiger partial charge in [-0.25, -0.2) is 4.98 Å². The van der Waals surface area contributed by atoms with E-state index in [0.717, 1.165) is 37.5 Å². The van der Waals surface area contributed by atoms with Crippen LogP contribution in [0, 0.1) is 0 Å². The van der Waals surface area contributed by atoms with Crippen LogP contribution in [0.4, 0.5) is 11.5 Å². The number of pyridine rings is 1. The van der Waals surface area contributed by atoms with Crippen LogP contribution in [0.1, 0.15) is 68.3 Å². The summed E-state index contributed by atoms with van der Waals surface area (Å²) in [6, 6.07) is 13.2. The van der Waals surface area contributed by atoms with Crippen LogP contribution in [0.15, 0.2) is 53.2 Å². The zero-order chi connectivity index (χ0) is 26.7. The fourth-order valence-electron chi connectivity index (χ4n) is 4.54. The minimum absolute atomic E-state index is 0.175. The number of benzene rings is 1. The number of nitrogens with zero attached hydrogens (tertiary/aromatic N) is 3. The summed E-state index contributed by atoms with van der Waals surface area (Å²) in [5, 5.41) is 9.52. The highest BCUT2D eigenvalue weighted by molar-refractivity contribution is 6.02. The SMILES string of the molecule is CC(C)(C)c1cc(NC(=O)Cc2ccc(NC(=O)c3ccc(OC4CCN(C5CC5)CC4)cn3)cc2)no1. The average molecular weight is 518 g/mol. The Morgan fingerprint density at radius 1 is 1.03 bits per heavy atom. The highest BCUT2D eigenvalue weighted by Crippen LogP contribution is 2.30. The maximum absolute atomic E-state index is 12.7. The normalized spacial score (nSPS) is 16.7. The molecular formula is C29H35N5O4. The Morgan fingerprint density at radius 2 is 1.76 bits per heavy atom. The van der Waals surface area contributed by atoms with Gasteiger partial charge in [0.15, 0.2) is 5.82 Å². The summed E-state index contributed by atoms with van der Waals surface area (Å²) >= 11 is 0. The van der Waals surface area contributed by atoms with Crippen molar-refractivity contribution in [1.82, 2.24) is 15.0 Å². The minimum Gasteiger partial charge on any atom is -0.489 e. The number of hydrogen-bond donors (Lipinski definition) is 2. The summed E-state index contributed by atoms with van der Waals surface area (Å²) in [5.41, 5.74) is 1.55. The molecule has 0 atom stereocenters. The smallest absolute Gasteiger partial charge is 0.274 e. The quantitative estimate of drug-likeness (QED) is 0.441. The first-order valence-corrected chi connectivity index (χ1v) is 13.3. The van der Waals surface area contributed by atoms with Crippen LogP contribution in [0.5, 0.6) is 5.75 Å². The molecule has 0 radical (unpaired) electrons. The predicted molar refractivity (Wildman–Crippen MR) is 144 cm³/mol. The first kappa shape index (κ1) is 25.9. The molecule has 2 N–H and O–H groups in total. The molecule has 38 heavy (non-hydrogen) atoms. The van der Waals surface area contributed by atoms with E-state index in [9.17, 15) is 9.59 Å². The molecule has 200 valence electrons. The van der Waals surface area contributed by atoms with Gasteiger partial charge in [0.25, 0.3) is 5.91 Å². The third-order valence-corrected chi connectivity index (χ3v) is 6.90. The number of rotatable bonds is 8. The minimum atomic E-state index is -0.305. The Labute approximate surface area is 222 Å². The van der Waals surface area contributed by atoms with E-state index in [2.05, 4.69) is 25.7 Å². The Kier molecular flexibility index (Phi) is 7.46. The van der Waals surface area contributed by atoms with Gasteiger partial charge in [0.05, 0.1) is 12.6 Å². The van der Waals surface area contributed by atoms with Crippen molar-refractivity contribution in [3.63, 3.8) is 0 Å². The monoisotopic (exact) mass is 517 g/mol. The fraction of sp³-hybridized carbons (Fsp3) is 0.448. The zero-order valence-electron chi connectivity index (χ0n) is 22.2. The maximum Gasteiger partial charge on any atom is 0.274 e. The molecule has 2 aliphatic rings. The van der Waals surface area contributed by atoms with E-state index < -0.39 is 0 Å². The molecular weight excluding hydrogens is 482 g/mol. The topological polar surface area (TPSA) is 110 Å². The van der Waals surface area contributed by atoms with Crippen molar-refractivity contribution < 1.29 is 18.8 Å². The lowest BCUT2D eigenvalue weighted by atomic mass is 9.93. The second kappa shape index (κ2) is 10.9. The molecule has 1 saturated heterocycles. The van der Waals surface area contributed by atoms with Crippen LogP contribution in [-0.4, -0.2) is 52.1 Å². The van der Waals surface area contributed by atoms with Gasteiger partial charge >= 0.3 is 0 Å². The van der Waals surface area contributed by atoms with Crippen molar-refractivity contribution in [3.8, 4) is 5.75 Å². The summed E-state index contributed by atoms with van der Waals surface area (Å²) < 4.78 is 11.4. The molecule has 3 aromatic rings. The molecule has 0 unspecified atom stereocenters. The van der Waals surface area contributed by atoms with Gasteiger partial charge < -0.3 is 24.8 Å². The van der Waals surface area contributed by atoms with E-state index in [4.69, 9.17) is 9.26 Å². The second-order valence-electron chi connectivity index (χ2n) is 11.2. The number of ether oxygens (including phenoxy) is 1. The van der Waals surface area contributed by atoms with Gasteiger partial charge in [-0.05, 0) is 55.5 Å². The number of hydrogen-bond acceptors (Lipinski definition) is 7. The molecule has 3 heterocycles. The zero-order valence-corrected chi connectivity index (χ0v) is 22.2. The maximum atomic E-state index is 12.7. The molecule has 0 bridgehead atoms. The Morgan fingerprint density at radius 3 is 2.37 bits per heavy atom. The van der Waals surface area contributed by atoms with Gasteiger partial charge in [0.2, 0.25) is 5.91 Å².